The molecule has 0 N–H and O–H groups in total. The number of hydrogen-bond acceptors (Lipinski definition) is 4. The fourth-order valence-corrected chi connectivity index (χ4v) is 1.71. The molecule has 90 valence electrons. The molecule has 0 aromatic heterocycles. The summed E-state index contributed by atoms with van der Waals surface area (Å²) >= 11 is 0. The van der Waals surface area contributed by atoms with Gasteiger partial charge in [0.2, 0.25) is 0 Å². The van der Waals surface area contributed by atoms with E-state index in [9.17, 15) is 4.79 Å². The molecule has 0 unspecified atom stereocenters. The van der Waals surface area contributed by atoms with Crippen molar-refractivity contribution in [2.24, 2.45) is 0 Å². The smallest absolute Gasteiger partial charge is 0.182 e. The number of fused-ring (bicyclic) bond motifs is 2. The van der Waals surface area contributed by atoms with Gasteiger partial charge in [-0.15, -0.1) is 0 Å². The maximum Gasteiger partial charge on any atom is 0.182 e. The average Bonchev–Trinajstić information content (AvgIpc) is 2.43. The van der Waals surface area contributed by atoms with Crippen LogP contribution >= 0.6 is 0 Å². The van der Waals surface area contributed by atoms with Gasteiger partial charge < -0.3 is 9.15 Å². The minimum absolute atomic E-state index is 0.0122. The Balaban J connectivity index is 2.07. The lowest BCUT2D eigenvalue weighted by Gasteiger charge is -2.07. The first-order valence-corrected chi connectivity index (χ1v) is 5.19. The van der Waals surface area contributed by atoms with Gasteiger partial charge in [0.05, 0.1) is 9.30 Å². The van der Waals surface area contributed by atoms with E-state index in [4.69, 9.17) is 16.0 Å². The lowest BCUT2D eigenvalue weighted by atomic mass is 10.2. The van der Waals surface area contributed by atoms with Crippen molar-refractivity contribution in [3.63, 3.8) is 0 Å². The van der Waals surface area contributed by atoms with Crippen molar-refractivity contribution >= 4 is 11.1 Å². The van der Waals surface area contributed by atoms with Crippen molar-refractivity contribution in [1.29, 1.82) is 0 Å². The van der Waals surface area contributed by atoms with Gasteiger partial charge in [-0.25, -0.2) is 4.98 Å². The molecule has 1 aliphatic carbocycles. The summed E-state index contributed by atoms with van der Waals surface area (Å²) in [6, 6.07) is 8.47. The van der Waals surface area contributed by atoms with Crippen molar-refractivity contribution in [2.75, 3.05) is 6.56 Å². The number of hydrogen-bond donors (Lipinski definition) is 0. The Morgan fingerprint density at radius 2 is 2.33 bits per heavy atom. The molecular formula is C14H11NO3. The van der Waals surface area contributed by atoms with Gasteiger partial charge in [-0.1, -0.05) is 0 Å². The van der Waals surface area contributed by atoms with E-state index in [2.05, 4.69) is 4.98 Å². The summed E-state index contributed by atoms with van der Waals surface area (Å²) in [6.07, 6.45) is 0. The first kappa shape index (κ1) is 6.54. The molecule has 0 saturated heterocycles. The summed E-state index contributed by atoms with van der Waals surface area (Å²) in [7, 11) is 0. The molecule has 1 aromatic carbocycles. The van der Waals surface area contributed by atoms with Crippen molar-refractivity contribution in [1.82, 2.24) is 4.98 Å². The topological polar surface area (TPSA) is 52.3 Å². The van der Waals surface area contributed by atoms with Crippen molar-refractivity contribution < 1.29 is 16.0 Å². The first-order chi connectivity index (χ1) is 10.7. The van der Waals surface area contributed by atoms with Crippen LogP contribution in [0.3, 0.4) is 0 Å². The van der Waals surface area contributed by atoms with E-state index in [1.54, 1.807) is 0 Å². The molecule has 0 fully saturated rings. The van der Waals surface area contributed by atoms with Crippen LogP contribution in [0.4, 0.5) is 0 Å². The van der Waals surface area contributed by atoms with Gasteiger partial charge in [-0.2, -0.15) is 0 Å². The molecule has 0 amide bonds. The Hall–Kier alpha value is -2.36. The summed E-state index contributed by atoms with van der Waals surface area (Å²) in [6.45, 7) is -5.77. The number of rotatable bonds is 2. The van der Waals surface area contributed by atoms with E-state index in [1.165, 1.54) is 36.4 Å². The van der Waals surface area contributed by atoms with Crippen LogP contribution in [-0.2, 0) is 0 Å². The predicted molar refractivity (Wildman–Crippen MR) is 68.1 cm³/mol. The molecule has 1 heterocycles. The highest BCUT2D eigenvalue weighted by Crippen LogP contribution is 2.26. The Labute approximate surface area is 110 Å². The second-order valence-electron chi connectivity index (χ2n) is 3.68. The number of nitrogens with zero attached hydrogens (tertiary/aromatic N) is 1. The van der Waals surface area contributed by atoms with Gasteiger partial charge >= 0.3 is 0 Å². The van der Waals surface area contributed by atoms with Crippen molar-refractivity contribution in [3.05, 3.63) is 46.6 Å². The Morgan fingerprint density at radius 3 is 3.22 bits per heavy atom. The third-order valence-corrected chi connectivity index (χ3v) is 2.49. The highest BCUT2D eigenvalue weighted by molar-refractivity contribution is 5.77. The largest absolute Gasteiger partial charge is 0.494 e. The second-order valence-corrected chi connectivity index (χ2v) is 3.68. The van der Waals surface area contributed by atoms with Crippen LogP contribution in [0.2, 0.25) is 0 Å². The van der Waals surface area contributed by atoms with Gasteiger partial charge in [-0.05, 0) is 31.1 Å². The third kappa shape index (κ3) is 1.82. The van der Waals surface area contributed by atoms with E-state index in [0.717, 1.165) is 0 Å². The summed E-state index contributed by atoms with van der Waals surface area (Å²) in [5.41, 5.74) is 0.997. The molecule has 0 bridgehead atoms. The lowest BCUT2D eigenvalue weighted by Crippen LogP contribution is -1.99. The molecule has 0 saturated carbocycles. The summed E-state index contributed by atoms with van der Waals surface area (Å²) in [5, 5.41) is 0. The van der Waals surface area contributed by atoms with Gasteiger partial charge in [0.25, 0.3) is 0 Å². The van der Waals surface area contributed by atoms with Crippen LogP contribution in [0.15, 0.2) is 45.6 Å². The van der Waals surface area contributed by atoms with Crippen LogP contribution in [0, 0.1) is 0 Å². The van der Waals surface area contributed by atoms with Crippen molar-refractivity contribution in [2.45, 2.75) is 6.85 Å². The lowest BCUT2D eigenvalue weighted by molar-refractivity contribution is 0.340. The van der Waals surface area contributed by atoms with Crippen molar-refractivity contribution in [3.8, 4) is 17.2 Å². The molecule has 18 heavy (non-hydrogen) atoms. The molecular weight excluding hydrogens is 230 g/mol. The minimum atomic E-state index is -2.93. The molecule has 0 spiro atoms. The molecule has 1 aliphatic heterocycles. The number of aromatic nitrogens is 1. The third-order valence-electron chi connectivity index (χ3n) is 2.49. The average molecular weight is 246 g/mol. The number of ether oxygens (including phenoxy) is 1. The highest BCUT2D eigenvalue weighted by atomic mass is 16.5. The van der Waals surface area contributed by atoms with Gasteiger partial charge in [0.1, 0.15) is 17.0 Å². The van der Waals surface area contributed by atoms with E-state index < -0.39 is 13.4 Å². The monoisotopic (exact) mass is 246 g/mol. The summed E-state index contributed by atoms with van der Waals surface area (Å²) in [4.78, 5) is 15.7. The molecule has 4 heteroatoms. The second kappa shape index (κ2) is 4.14. The summed E-state index contributed by atoms with van der Waals surface area (Å²) in [5.74, 6) is 0.266. The standard InChI is InChI=1S/C14H11NO3/c1-2-17-10-4-6-12-14(8-10)18-13-7-9(16)3-5-11(13)15-12/h3-8H,2H2,1H3/i1D3,2D2. The van der Waals surface area contributed by atoms with E-state index in [1.807, 2.05) is 0 Å². The van der Waals surface area contributed by atoms with Gasteiger partial charge in [0, 0.05) is 16.2 Å². The first-order valence-electron chi connectivity index (χ1n) is 7.69. The summed E-state index contributed by atoms with van der Waals surface area (Å²) < 4.78 is 46.9. The normalized spacial score (nSPS) is 16.6. The zero-order chi connectivity index (χ0) is 16.8. The fraction of sp³-hybridized carbons (Fsp3) is 0.143. The van der Waals surface area contributed by atoms with Crippen LogP contribution in [0.5, 0.6) is 5.75 Å². The molecule has 0 atom stereocenters. The molecule has 0 radical (unpaired) electrons. The fourth-order valence-electron chi connectivity index (χ4n) is 1.71. The van der Waals surface area contributed by atoms with Crippen LogP contribution in [-0.4, -0.2) is 11.5 Å². The highest BCUT2D eigenvalue weighted by Gasteiger charge is 2.09. The quantitative estimate of drug-likeness (QED) is 0.652. The Bertz CT molecular complexity index is 903. The molecule has 3 rings (SSSR count). The maximum atomic E-state index is 11.4. The number of benzene rings is 2. The van der Waals surface area contributed by atoms with Crippen LogP contribution < -0.4 is 10.2 Å². The zero-order valence-corrected chi connectivity index (χ0v) is 9.14. The minimum Gasteiger partial charge on any atom is -0.494 e. The zero-order valence-electron chi connectivity index (χ0n) is 14.1. The van der Waals surface area contributed by atoms with Gasteiger partial charge in [0.15, 0.2) is 16.8 Å². The molecule has 2 aliphatic rings. The molecule has 1 aromatic rings. The molecule has 4 nitrogen and oxygen atoms in total. The maximum absolute atomic E-state index is 11.4. The van der Waals surface area contributed by atoms with E-state index in [-0.39, 0.29) is 22.5 Å². The van der Waals surface area contributed by atoms with E-state index >= 15 is 0 Å². The predicted octanol–water partition coefficient (Wildman–Crippen LogP) is 2.69. The Kier molecular flexibility index (Phi) is 1.51. The van der Waals surface area contributed by atoms with Crippen LogP contribution in [0.1, 0.15) is 13.7 Å². The van der Waals surface area contributed by atoms with E-state index in [0.29, 0.717) is 11.2 Å². The van der Waals surface area contributed by atoms with Crippen LogP contribution in [0.25, 0.3) is 22.6 Å². The SMILES string of the molecule is [2H]C([2H])([2H])C([2H])([2H])Oc1ccc2nc3ccc(=O)cc-3oc2c1. The van der Waals surface area contributed by atoms with Gasteiger partial charge in [-0.3, -0.25) is 4.79 Å². The Morgan fingerprint density at radius 1 is 1.39 bits per heavy atom.